The number of rotatable bonds is 4. The van der Waals surface area contributed by atoms with E-state index in [9.17, 15) is 13.2 Å². The van der Waals surface area contributed by atoms with Crippen molar-refractivity contribution in [2.75, 3.05) is 7.05 Å². The van der Waals surface area contributed by atoms with Crippen molar-refractivity contribution >= 4 is 15.9 Å². The van der Waals surface area contributed by atoms with Crippen LogP contribution in [0.15, 0.2) is 47.2 Å². The second-order valence-electron chi connectivity index (χ2n) is 4.64. The SMILES string of the molecule is CNC(Cc1cccnc1)c1ccc(Br)cc1C(F)(F)F. The molecule has 0 amide bonds. The van der Waals surface area contributed by atoms with E-state index in [1.807, 2.05) is 6.07 Å². The minimum atomic E-state index is -4.39. The molecule has 0 radical (unpaired) electrons. The third-order valence-corrected chi connectivity index (χ3v) is 3.70. The van der Waals surface area contributed by atoms with E-state index in [1.165, 1.54) is 6.07 Å². The van der Waals surface area contributed by atoms with Gasteiger partial charge in [0, 0.05) is 22.9 Å². The molecule has 21 heavy (non-hydrogen) atoms. The van der Waals surface area contributed by atoms with Crippen LogP contribution in [0.4, 0.5) is 13.2 Å². The maximum absolute atomic E-state index is 13.2. The molecule has 1 aromatic carbocycles. The van der Waals surface area contributed by atoms with Crippen molar-refractivity contribution in [2.24, 2.45) is 0 Å². The Labute approximate surface area is 129 Å². The number of hydrogen-bond acceptors (Lipinski definition) is 2. The summed E-state index contributed by atoms with van der Waals surface area (Å²) in [5.74, 6) is 0. The standard InChI is InChI=1S/C15H14BrF3N2/c1-20-14(7-10-3-2-6-21-9-10)12-5-4-11(16)8-13(12)15(17,18)19/h2-6,8-9,14,20H,7H2,1H3. The van der Waals surface area contributed by atoms with E-state index in [1.54, 1.807) is 31.6 Å². The quantitative estimate of drug-likeness (QED) is 0.877. The zero-order chi connectivity index (χ0) is 15.5. The van der Waals surface area contributed by atoms with Crippen molar-refractivity contribution in [3.8, 4) is 0 Å². The van der Waals surface area contributed by atoms with Crippen molar-refractivity contribution in [1.29, 1.82) is 0 Å². The van der Waals surface area contributed by atoms with Gasteiger partial charge in [-0.3, -0.25) is 4.98 Å². The summed E-state index contributed by atoms with van der Waals surface area (Å²) in [6.45, 7) is 0. The normalized spacial score (nSPS) is 13.2. The number of benzene rings is 1. The number of nitrogens with zero attached hydrogens (tertiary/aromatic N) is 1. The largest absolute Gasteiger partial charge is 0.416 e. The van der Waals surface area contributed by atoms with Gasteiger partial charge in [-0.1, -0.05) is 28.1 Å². The number of hydrogen-bond donors (Lipinski definition) is 1. The average molecular weight is 359 g/mol. The van der Waals surface area contributed by atoms with Crippen LogP contribution in [-0.4, -0.2) is 12.0 Å². The lowest BCUT2D eigenvalue weighted by Gasteiger charge is -2.21. The van der Waals surface area contributed by atoms with Crippen molar-refractivity contribution in [1.82, 2.24) is 10.3 Å². The molecule has 0 spiro atoms. The summed E-state index contributed by atoms with van der Waals surface area (Å²) in [6, 6.07) is 7.43. The van der Waals surface area contributed by atoms with Crippen LogP contribution in [0.3, 0.4) is 0 Å². The Morgan fingerprint density at radius 1 is 1.29 bits per heavy atom. The Balaban J connectivity index is 2.38. The van der Waals surface area contributed by atoms with Crippen LogP contribution in [0.1, 0.15) is 22.7 Å². The third kappa shape index (κ3) is 4.04. The second kappa shape index (κ2) is 6.58. The molecular weight excluding hydrogens is 345 g/mol. The number of alkyl halides is 3. The van der Waals surface area contributed by atoms with Crippen LogP contribution in [0.2, 0.25) is 0 Å². The van der Waals surface area contributed by atoms with Gasteiger partial charge in [0.15, 0.2) is 0 Å². The average Bonchev–Trinajstić information content (AvgIpc) is 2.45. The minimum absolute atomic E-state index is 0.233. The second-order valence-corrected chi connectivity index (χ2v) is 5.55. The first kappa shape index (κ1) is 16.0. The van der Waals surface area contributed by atoms with Gasteiger partial charge in [-0.2, -0.15) is 13.2 Å². The van der Waals surface area contributed by atoms with E-state index in [2.05, 4.69) is 26.2 Å². The fraction of sp³-hybridized carbons (Fsp3) is 0.267. The lowest BCUT2D eigenvalue weighted by Crippen LogP contribution is -2.23. The molecule has 1 N–H and O–H groups in total. The maximum atomic E-state index is 13.2. The van der Waals surface area contributed by atoms with Gasteiger partial charge in [0.1, 0.15) is 0 Å². The number of halogens is 4. The monoisotopic (exact) mass is 358 g/mol. The van der Waals surface area contributed by atoms with Gasteiger partial charge in [-0.15, -0.1) is 0 Å². The first-order chi connectivity index (χ1) is 9.91. The molecule has 2 aromatic rings. The number of nitrogens with one attached hydrogen (secondary N) is 1. The van der Waals surface area contributed by atoms with Crippen LogP contribution < -0.4 is 5.32 Å². The van der Waals surface area contributed by atoms with Crippen LogP contribution in [0.25, 0.3) is 0 Å². The Bertz CT molecular complexity index is 600. The molecule has 0 saturated carbocycles. The zero-order valence-corrected chi connectivity index (χ0v) is 12.9. The van der Waals surface area contributed by atoms with Crippen molar-refractivity contribution < 1.29 is 13.2 Å². The third-order valence-electron chi connectivity index (χ3n) is 3.21. The fourth-order valence-electron chi connectivity index (χ4n) is 2.20. The highest BCUT2D eigenvalue weighted by atomic mass is 79.9. The summed E-state index contributed by atoms with van der Waals surface area (Å²) >= 11 is 3.10. The Morgan fingerprint density at radius 2 is 2.05 bits per heavy atom. The summed E-state index contributed by atoms with van der Waals surface area (Å²) in [7, 11) is 1.66. The zero-order valence-electron chi connectivity index (χ0n) is 11.3. The molecule has 0 saturated heterocycles. The van der Waals surface area contributed by atoms with Crippen molar-refractivity contribution in [2.45, 2.75) is 18.6 Å². The molecular formula is C15H14BrF3N2. The molecule has 6 heteroatoms. The van der Waals surface area contributed by atoms with Gasteiger partial charge in [-0.05, 0) is 42.8 Å². The van der Waals surface area contributed by atoms with E-state index in [4.69, 9.17) is 0 Å². The lowest BCUT2D eigenvalue weighted by molar-refractivity contribution is -0.138. The topological polar surface area (TPSA) is 24.9 Å². The summed E-state index contributed by atoms with van der Waals surface area (Å²) < 4.78 is 40.0. The number of likely N-dealkylation sites (N-methyl/N-ethyl adjacent to an activating group) is 1. The highest BCUT2D eigenvalue weighted by Crippen LogP contribution is 2.37. The molecule has 112 valence electrons. The number of pyridine rings is 1. The van der Waals surface area contributed by atoms with Crippen LogP contribution in [0.5, 0.6) is 0 Å². The first-order valence-electron chi connectivity index (χ1n) is 6.34. The highest BCUT2D eigenvalue weighted by molar-refractivity contribution is 9.10. The van der Waals surface area contributed by atoms with Gasteiger partial charge in [0.25, 0.3) is 0 Å². The van der Waals surface area contributed by atoms with Gasteiger partial charge in [0.2, 0.25) is 0 Å². The molecule has 0 aliphatic heterocycles. The van der Waals surface area contributed by atoms with E-state index in [-0.39, 0.29) is 5.56 Å². The van der Waals surface area contributed by atoms with E-state index < -0.39 is 17.8 Å². The molecule has 1 heterocycles. The molecule has 0 aliphatic carbocycles. The molecule has 2 rings (SSSR count). The first-order valence-corrected chi connectivity index (χ1v) is 7.14. The van der Waals surface area contributed by atoms with Gasteiger partial charge in [0.05, 0.1) is 5.56 Å². The van der Waals surface area contributed by atoms with E-state index in [0.717, 1.165) is 11.6 Å². The van der Waals surface area contributed by atoms with Gasteiger partial charge >= 0.3 is 6.18 Å². The Morgan fingerprint density at radius 3 is 2.62 bits per heavy atom. The predicted molar refractivity (Wildman–Crippen MR) is 78.9 cm³/mol. The van der Waals surface area contributed by atoms with Gasteiger partial charge in [-0.25, -0.2) is 0 Å². The summed E-state index contributed by atoms with van der Waals surface area (Å²) in [6.07, 6.45) is -0.646. The number of aromatic nitrogens is 1. The van der Waals surface area contributed by atoms with Crippen LogP contribution in [0, 0.1) is 0 Å². The van der Waals surface area contributed by atoms with Crippen LogP contribution in [-0.2, 0) is 12.6 Å². The lowest BCUT2D eigenvalue weighted by atomic mass is 9.95. The Hall–Kier alpha value is -1.40. The summed E-state index contributed by atoms with van der Waals surface area (Å²) in [4.78, 5) is 3.99. The summed E-state index contributed by atoms with van der Waals surface area (Å²) in [5.41, 5.74) is 0.491. The molecule has 1 aromatic heterocycles. The highest BCUT2D eigenvalue weighted by Gasteiger charge is 2.35. The molecule has 0 aliphatic rings. The van der Waals surface area contributed by atoms with Crippen molar-refractivity contribution in [3.05, 3.63) is 63.9 Å². The molecule has 1 atom stereocenters. The summed E-state index contributed by atoms with van der Waals surface area (Å²) in [5, 5.41) is 2.96. The molecule has 1 unspecified atom stereocenters. The maximum Gasteiger partial charge on any atom is 0.416 e. The van der Waals surface area contributed by atoms with Crippen molar-refractivity contribution in [3.63, 3.8) is 0 Å². The minimum Gasteiger partial charge on any atom is -0.313 e. The van der Waals surface area contributed by atoms with Crippen LogP contribution >= 0.6 is 15.9 Å². The molecule has 2 nitrogen and oxygen atoms in total. The van der Waals surface area contributed by atoms with Gasteiger partial charge < -0.3 is 5.32 Å². The Kier molecular flexibility index (Phi) is 5.00. The fourth-order valence-corrected chi connectivity index (χ4v) is 2.56. The van der Waals surface area contributed by atoms with E-state index in [0.29, 0.717) is 10.9 Å². The predicted octanol–water partition coefficient (Wildman–Crippen LogP) is 4.37. The van der Waals surface area contributed by atoms with E-state index >= 15 is 0 Å². The smallest absolute Gasteiger partial charge is 0.313 e. The molecule has 0 bridgehead atoms. The molecule has 0 fully saturated rings.